The minimum atomic E-state index is -0.195. The number of hydrogen-bond acceptors (Lipinski definition) is 5. The molecule has 0 bridgehead atoms. The van der Waals surface area contributed by atoms with Crippen LogP contribution in [0.15, 0.2) is 18.2 Å². The monoisotopic (exact) mass is 423 g/mol. The molecule has 27 heavy (non-hydrogen) atoms. The van der Waals surface area contributed by atoms with Gasteiger partial charge in [-0.1, -0.05) is 36.2 Å². The Hall–Kier alpha value is -1.78. The number of carbonyl (C=O) groups excluding carboxylic acids is 1. The Morgan fingerprint density at radius 1 is 1.37 bits per heavy atom. The SMILES string of the molecule is CCCNC(=O)c1sc(N2CCOCC2)c(C#N)c1-c1ccc(Cl)cc1Cl. The van der Waals surface area contributed by atoms with Gasteiger partial charge < -0.3 is 15.0 Å². The van der Waals surface area contributed by atoms with Crippen LogP contribution >= 0.6 is 34.5 Å². The van der Waals surface area contributed by atoms with E-state index in [2.05, 4.69) is 16.3 Å². The number of carbonyl (C=O) groups is 1. The molecular weight excluding hydrogens is 405 g/mol. The maximum Gasteiger partial charge on any atom is 0.262 e. The number of nitrogens with zero attached hydrogens (tertiary/aromatic N) is 2. The summed E-state index contributed by atoms with van der Waals surface area (Å²) in [5, 5.41) is 14.5. The lowest BCUT2D eigenvalue weighted by atomic mass is 10.0. The minimum absolute atomic E-state index is 0.195. The first kappa shape index (κ1) is 20.0. The Morgan fingerprint density at radius 3 is 2.74 bits per heavy atom. The van der Waals surface area contributed by atoms with Crippen LogP contribution in [0.5, 0.6) is 0 Å². The predicted octanol–water partition coefficient (Wildman–Crippen LogP) is 4.57. The first-order valence-corrected chi connectivity index (χ1v) is 10.3. The fourth-order valence-electron chi connectivity index (χ4n) is 2.94. The molecule has 1 saturated heterocycles. The van der Waals surface area contributed by atoms with Gasteiger partial charge in [-0.05, 0) is 18.6 Å². The van der Waals surface area contributed by atoms with Crippen molar-refractivity contribution in [2.24, 2.45) is 0 Å². The summed E-state index contributed by atoms with van der Waals surface area (Å²) >= 11 is 13.8. The van der Waals surface area contributed by atoms with E-state index in [1.165, 1.54) is 11.3 Å². The highest BCUT2D eigenvalue weighted by Gasteiger charge is 2.28. The van der Waals surface area contributed by atoms with Gasteiger partial charge in [0.1, 0.15) is 15.9 Å². The van der Waals surface area contributed by atoms with E-state index in [-0.39, 0.29) is 5.91 Å². The van der Waals surface area contributed by atoms with Gasteiger partial charge in [-0.25, -0.2) is 0 Å². The van der Waals surface area contributed by atoms with E-state index in [1.54, 1.807) is 18.2 Å². The third kappa shape index (κ3) is 4.22. The molecule has 1 aromatic heterocycles. The fourth-order valence-corrected chi connectivity index (χ4v) is 4.68. The molecule has 1 aromatic carbocycles. The smallest absolute Gasteiger partial charge is 0.262 e. The van der Waals surface area contributed by atoms with Crippen LogP contribution in [-0.2, 0) is 4.74 Å². The van der Waals surface area contributed by atoms with Crippen LogP contribution in [0.4, 0.5) is 5.00 Å². The van der Waals surface area contributed by atoms with E-state index in [0.29, 0.717) is 64.5 Å². The van der Waals surface area contributed by atoms with Crippen molar-refractivity contribution in [1.29, 1.82) is 5.26 Å². The van der Waals surface area contributed by atoms with Gasteiger partial charge in [0.2, 0.25) is 0 Å². The molecule has 1 aliphatic heterocycles. The molecule has 0 radical (unpaired) electrons. The number of morpholine rings is 1. The topological polar surface area (TPSA) is 65.4 Å². The van der Waals surface area contributed by atoms with Crippen molar-refractivity contribution in [2.75, 3.05) is 37.7 Å². The zero-order chi connectivity index (χ0) is 19.4. The average Bonchev–Trinajstić information content (AvgIpc) is 3.06. The molecule has 1 aliphatic rings. The normalized spacial score (nSPS) is 14.1. The van der Waals surface area contributed by atoms with Crippen molar-refractivity contribution >= 4 is 45.4 Å². The summed E-state index contributed by atoms with van der Waals surface area (Å²) in [4.78, 5) is 15.4. The molecule has 1 fully saturated rings. The number of hydrogen-bond donors (Lipinski definition) is 1. The number of nitrogens with one attached hydrogen (secondary N) is 1. The van der Waals surface area contributed by atoms with Gasteiger partial charge in [0.15, 0.2) is 0 Å². The summed E-state index contributed by atoms with van der Waals surface area (Å²) in [5.41, 5.74) is 1.67. The van der Waals surface area contributed by atoms with E-state index in [0.717, 1.165) is 11.4 Å². The van der Waals surface area contributed by atoms with Crippen LogP contribution in [0.25, 0.3) is 11.1 Å². The van der Waals surface area contributed by atoms with E-state index in [9.17, 15) is 10.1 Å². The Bertz CT molecular complexity index is 886. The fraction of sp³-hybridized carbons (Fsp3) is 0.368. The molecule has 2 aromatic rings. The van der Waals surface area contributed by atoms with Gasteiger partial charge in [-0.3, -0.25) is 4.79 Å². The van der Waals surface area contributed by atoms with Crippen molar-refractivity contribution in [2.45, 2.75) is 13.3 Å². The average molecular weight is 424 g/mol. The van der Waals surface area contributed by atoms with Crippen LogP contribution in [0.2, 0.25) is 10.0 Å². The lowest BCUT2D eigenvalue weighted by Gasteiger charge is -2.27. The Labute approximate surface area is 172 Å². The van der Waals surface area contributed by atoms with Crippen molar-refractivity contribution < 1.29 is 9.53 Å². The second-order valence-corrected chi connectivity index (χ2v) is 7.92. The van der Waals surface area contributed by atoms with E-state index in [4.69, 9.17) is 27.9 Å². The zero-order valence-corrected chi connectivity index (χ0v) is 17.2. The molecule has 0 aliphatic carbocycles. The molecular formula is C19H19Cl2N3O2S. The highest BCUT2D eigenvalue weighted by molar-refractivity contribution is 7.19. The Kier molecular flexibility index (Phi) is 6.61. The third-order valence-corrected chi connectivity index (χ3v) is 6.04. The van der Waals surface area contributed by atoms with E-state index in [1.807, 2.05) is 6.92 Å². The van der Waals surface area contributed by atoms with Gasteiger partial charge >= 0.3 is 0 Å². The molecule has 0 saturated carbocycles. The van der Waals surface area contributed by atoms with Crippen LogP contribution in [0.1, 0.15) is 28.6 Å². The Balaban J connectivity index is 2.17. The number of ether oxygens (including phenoxy) is 1. The number of amides is 1. The number of rotatable bonds is 5. The lowest BCUT2D eigenvalue weighted by molar-refractivity contribution is 0.0958. The minimum Gasteiger partial charge on any atom is -0.378 e. The molecule has 0 atom stereocenters. The molecule has 0 spiro atoms. The first-order chi connectivity index (χ1) is 13.1. The summed E-state index contributed by atoms with van der Waals surface area (Å²) in [6.45, 7) is 5.11. The second-order valence-electron chi connectivity index (χ2n) is 6.08. The van der Waals surface area contributed by atoms with Crippen LogP contribution in [-0.4, -0.2) is 38.8 Å². The number of halogens is 2. The van der Waals surface area contributed by atoms with Crippen molar-refractivity contribution in [3.8, 4) is 17.2 Å². The molecule has 2 heterocycles. The number of benzene rings is 1. The first-order valence-electron chi connectivity index (χ1n) is 8.70. The summed E-state index contributed by atoms with van der Waals surface area (Å²) in [6, 6.07) is 7.38. The molecule has 8 heteroatoms. The molecule has 3 rings (SSSR count). The van der Waals surface area contributed by atoms with Gasteiger partial charge in [-0.15, -0.1) is 11.3 Å². The number of thiophene rings is 1. The lowest BCUT2D eigenvalue weighted by Crippen LogP contribution is -2.36. The molecule has 5 nitrogen and oxygen atoms in total. The summed E-state index contributed by atoms with van der Waals surface area (Å²) in [7, 11) is 0. The van der Waals surface area contributed by atoms with Gasteiger partial charge in [0.05, 0.1) is 18.8 Å². The van der Waals surface area contributed by atoms with Gasteiger partial charge in [-0.2, -0.15) is 5.26 Å². The van der Waals surface area contributed by atoms with Crippen molar-refractivity contribution in [3.63, 3.8) is 0 Å². The van der Waals surface area contributed by atoms with Crippen molar-refractivity contribution in [1.82, 2.24) is 5.32 Å². The van der Waals surface area contributed by atoms with Crippen LogP contribution < -0.4 is 10.2 Å². The highest BCUT2D eigenvalue weighted by atomic mass is 35.5. The van der Waals surface area contributed by atoms with Crippen LogP contribution in [0.3, 0.4) is 0 Å². The highest BCUT2D eigenvalue weighted by Crippen LogP contribution is 2.44. The van der Waals surface area contributed by atoms with Gasteiger partial charge in [0, 0.05) is 40.8 Å². The third-order valence-electron chi connectivity index (χ3n) is 4.24. The maximum absolute atomic E-state index is 12.8. The van der Waals surface area contributed by atoms with E-state index >= 15 is 0 Å². The molecule has 142 valence electrons. The van der Waals surface area contributed by atoms with Crippen LogP contribution in [0, 0.1) is 11.3 Å². The molecule has 0 unspecified atom stereocenters. The number of nitriles is 1. The standard InChI is InChI=1S/C19H19Cl2N3O2S/c1-2-5-23-18(25)17-16(13-4-3-12(20)10-15(13)21)14(11-22)19(27-17)24-6-8-26-9-7-24/h3-4,10H,2,5-9H2,1H3,(H,23,25). The van der Waals surface area contributed by atoms with Gasteiger partial charge in [0.25, 0.3) is 5.91 Å². The summed E-state index contributed by atoms with van der Waals surface area (Å²) < 4.78 is 5.41. The Morgan fingerprint density at radius 2 is 2.11 bits per heavy atom. The predicted molar refractivity (Wildman–Crippen MR) is 110 cm³/mol. The molecule has 1 N–H and O–H groups in total. The maximum atomic E-state index is 12.8. The molecule has 1 amide bonds. The summed E-state index contributed by atoms with van der Waals surface area (Å²) in [5.74, 6) is -0.195. The van der Waals surface area contributed by atoms with Crippen molar-refractivity contribution in [3.05, 3.63) is 38.7 Å². The summed E-state index contributed by atoms with van der Waals surface area (Å²) in [6.07, 6.45) is 0.829. The largest absolute Gasteiger partial charge is 0.378 e. The number of anilines is 1. The van der Waals surface area contributed by atoms with E-state index < -0.39 is 0 Å². The second kappa shape index (κ2) is 8.94. The zero-order valence-electron chi connectivity index (χ0n) is 14.8. The quantitative estimate of drug-likeness (QED) is 0.764.